The number of methoxy groups -OCH3 is 1. The molecule has 0 aromatic heterocycles. The fourth-order valence-corrected chi connectivity index (χ4v) is 4.30. The molecular weight excluding hydrogens is 320 g/mol. The summed E-state index contributed by atoms with van der Waals surface area (Å²) in [5.74, 6) is 0.625. The third-order valence-corrected chi connectivity index (χ3v) is 5.66. The Balaban J connectivity index is 2.68. The highest BCUT2D eigenvalue weighted by Crippen LogP contribution is 2.20. The summed E-state index contributed by atoms with van der Waals surface area (Å²) in [6.45, 7) is 4.76. The zero-order valence-electron chi connectivity index (χ0n) is 11.1. The van der Waals surface area contributed by atoms with Gasteiger partial charge in [-0.15, -0.1) is 0 Å². The second-order valence-electron chi connectivity index (χ2n) is 4.67. The van der Waals surface area contributed by atoms with E-state index in [0.717, 1.165) is 12.8 Å². The van der Waals surface area contributed by atoms with E-state index in [1.165, 1.54) is 4.31 Å². The van der Waals surface area contributed by atoms with Gasteiger partial charge in [-0.25, -0.2) is 0 Å². The second-order valence-corrected chi connectivity index (χ2v) is 7.39. The van der Waals surface area contributed by atoms with Crippen molar-refractivity contribution >= 4 is 26.1 Å². The van der Waals surface area contributed by atoms with E-state index in [4.69, 9.17) is 4.74 Å². The molecule has 7 heteroatoms. The van der Waals surface area contributed by atoms with E-state index in [-0.39, 0.29) is 0 Å². The van der Waals surface area contributed by atoms with Crippen LogP contribution in [0.5, 0.6) is 0 Å². The van der Waals surface area contributed by atoms with Gasteiger partial charge in [0.15, 0.2) is 0 Å². The lowest BCUT2D eigenvalue weighted by molar-refractivity contribution is 0.175. The Morgan fingerprint density at radius 2 is 1.94 bits per heavy atom. The molecule has 108 valence electrons. The fraction of sp³-hybridized carbons (Fsp3) is 1.00. The van der Waals surface area contributed by atoms with Gasteiger partial charge in [0, 0.05) is 38.6 Å². The van der Waals surface area contributed by atoms with E-state index >= 15 is 0 Å². The molecule has 1 rings (SSSR count). The molecule has 0 aromatic rings. The minimum Gasteiger partial charge on any atom is -0.383 e. The molecule has 0 amide bonds. The standard InChI is InChI=1S/C11H23BrN2O3S/c1-11-3-6-13(7-4-11)18(15,16)14(8-5-12)9-10-17-2/h11H,3-10H2,1-2H3. The molecule has 0 spiro atoms. The molecule has 0 unspecified atom stereocenters. The van der Waals surface area contributed by atoms with Crippen molar-refractivity contribution in [3.05, 3.63) is 0 Å². The predicted molar refractivity (Wildman–Crippen MR) is 76.1 cm³/mol. The number of nitrogens with zero attached hydrogens (tertiary/aromatic N) is 2. The van der Waals surface area contributed by atoms with Gasteiger partial charge in [0.25, 0.3) is 10.2 Å². The Labute approximate surface area is 119 Å². The zero-order valence-corrected chi connectivity index (χ0v) is 13.5. The van der Waals surface area contributed by atoms with Crippen molar-refractivity contribution in [1.82, 2.24) is 8.61 Å². The topological polar surface area (TPSA) is 49.9 Å². The van der Waals surface area contributed by atoms with Crippen molar-refractivity contribution in [2.24, 2.45) is 5.92 Å². The van der Waals surface area contributed by atoms with E-state index in [2.05, 4.69) is 22.9 Å². The van der Waals surface area contributed by atoms with Crippen molar-refractivity contribution in [2.45, 2.75) is 19.8 Å². The molecule has 0 bridgehead atoms. The quantitative estimate of drug-likeness (QED) is 0.655. The van der Waals surface area contributed by atoms with Crippen LogP contribution in [0.4, 0.5) is 0 Å². The number of rotatable bonds is 7. The normalized spacial score (nSPS) is 19.6. The number of hydrogen-bond donors (Lipinski definition) is 0. The molecular formula is C11H23BrN2O3S. The summed E-state index contributed by atoms with van der Waals surface area (Å²) in [6.07, 6.45) is 1.90. The van der Waals surface area contributed by atoms with E-state index in [1.54, 1.807) is 11.4 Å². The number of halogens is 1. The lowest BCUT2D eigenvalue weighted by Crippen LogP contribution is -2.48. The number of hydrogen-bond acceptors (Lipinski definition) is 3. The summed E-state index contributed by atoms with van der Waals surface area (Å²) in [4.78, 5) is 0. The molecule has 0 saturated carbocycles. The smallest absolute Gasteiger partial charge is 0.282 e. The van der Waals surface area contributed by atoms with Crippen molar-refractivity contribution in [3.8, 4) is 0 Å². The summed E-state index contributed by atoms with van der Waals surface area (Å²) in [6, 6.07) is 0. The van der Waals surface area contributed by atoms with Gasteiger partial charge in [0.1, 0.15) is 0 Å². The molecule has 1 heterocycles. The summed E-state index contributed by atoms with van der Waals surface area (Å²) in [5.41, 5.74) is 0. The largest absolute Gasteiger partial charge is 0.383 e. The van der Waals surface area contributed by atoms with Gasteiger partial charge in [0.2, 0.25) is 0 Å². The predicted octanol–water partition coefficient (Wildman–Crippen LogP) is 1.31. The van der Waals surface area contributed by atoms with Crippen molar-refractivity contribution in [2.75, 3.05) is 45.2 Å². The first kappa shape index (κ1) is 16.4. The Hall–Kier alpha value is 0.310. The van der Waals surface area contributed by atoms with E-state index < -0.39 is 10.2 Å². The van der Waals surface area contributed by atoms with Crippen LogP contribution >= 0.6 is 15.9 Å². The monoisotopic (exact) mass is 342 g/mol. The van der Waals surface area contributed by atoms with Gasteiger partial charge in [-0.1, -0.05) is 22.9 Å². The Morgan fingerprint density at radius 1 is 1.33 bits per heavy atom. The first-order valence-corrected chi connectivity index (χ1v) is 8.84. The number of piperidine rings is 1. The highest BCUT2D eigenvalue weighted by molar-refractivity contribution is 9.09. The van der Waals surface area contributed by atoms with Gasteiger partial charge < -0.3 is 4.74 Å². The third-order valence-electron chi connectivity index (χ3n) is 3.27. The van der Waals surface area contributed by atoms with Crippen LogP contribution in [0.15, 0.2) is 0 Å². The fourth-order valence-electron chi connectivity index (χ4n) is 2.01. The molecule has 1 aliphatic rings. The highest BCUT2D eigenvalue weighted by atomic mass is 79.9. The maximum Gasteiger partial charge on any atom is 0.282 e. The van der Waals surface area contributed by atoms with Crippen molar-refractivity contribution < 1.29 is 13.2 Å². The van der Waals surface area contributed by atoms with Crippen LogP contribution in [-0.2, 0) is 14.9 Å². The Morgan fingerprint density at radius 3 is 2.44 bits per heavy atom. The zero-order chi connectivity index (χ0) is 13.6. The Bertz CT molecular complexity index is 329. The van der Waals surface area contributed by atoms with E-state index in [9.17, 15) is 8.42 Å². The van der Waals surface area contributed by atoms with E-state index in [1.807, 2.05) is 0 Å². The first-order valence-electron chi connectivity index (χ1n) is 6.32. The first-order chi connectivity index (χ1) is 8.52. The number of ether oxygens (including phenoxy) is 1. The van der Waals surface area contributed by atoms with Crippen LogP contribution in [-0.4, -0.2) is 62.3 Å². The maximum atomic E-state index is 12.5. The average molecular weight is 343 g/mol. The molecule has 1 fully saturated rings. The van der Waals surface area contributed by atoms with Gasteiger partial charge in [-0.05, 0) is 18.8 Å². The minimum atomic E-state index is -3.33. The van der Waals surface area contributed by atoms with Crippen LogP contribution in [0.3, 0.4) is 0 Å². The molecule has 1 aliphatic heterocycles. The second kappa shape index (κ2) is 7.79. The molecule has 0 atom stereocenters. The van der Waals surface area contributed by atoms with Crippen LogP contribution in [0, 0.1) is 5.92 Å². The molecule has 5 nitrogen and oxygen atoms in total. The molecule has 1 saturated heterocycles. The van der Waals surface area contributed by atoms with Crippen LogP contribution in [0.1, 0.15) is 19.8 Å². The summed E-state index contributed by atoms with van der Waals surface area (Å²) < 4.78 is 33.0. The van der Waals surface area contributed by atoms with Crippen molar-refractivity contribution in [3.63, 3.8) is 0 Å². The highest BCUT2D eigenvalue weighted by Gasteiger charge is 2.31. The SMILES string of the molecule is COCCN(CCBr)S(=O)(=O)N1CCC(C)CC1. The minimum absolute atomic E-state index is 0.413. The Kier molecular flexibility index (Phi) is 7.08. The van der Waals surface area contributed by atoms with Crippen LogP contribution < -0.4 is 0 Å². The van der Waals surface area contributed by atoms with E-state index in [0.29, 0.717) is 44.0 Å². The number of alkyl halides is 1. The van der Waals surface area contributed by atoms with Crippen LogP contribution in [0.2, 0.25) is 0 Å². The maximum absolute atomic E-state index is 12.5. The lowest BCUT2D eigenvalue weighted by atomic mass is 10.0. The molecule has 0 aromatic carbocycles. The van der Waals surface area contributed by atoms with Gasteiger partial charge in [-0.2, -0.15) is 17.0 Å². The summed E-state index contributed by atoms with van der Waals surface area (Å²) in [7, 11) is -1.74. The van der Waals surface area contributed by atoms with Gasteiger partial charge >= 0.3 is 0 Å². The lowest BCUT2D eigenvalue weighted by Gasteiger charge is -2.33. The molecule has 0 N–H and O–H groups in total. The molecule has 18 heavy (non-hydrogen) atoms. The molecule has 0 aliphatic carbocycles. The van der Waals surface area contributed by atoms with Crippen LogP contribution in [0.25, 0.3) is 0 Å². The van der Waals surface area contributed by atoms with Gasteiger partial charge in [0.05, 0.1) is 6.61 Å². The summed E-state index contributed by atoms with van der Waals surface area (Å²) >= 11 is 3.30. The summed E-state index contributed by atoms with van der Waals surface area (Å²) in [5, 5.41) is 0.639. The van der Waals surface area contributed by atoms with Crippen molar-refractivity contribution in [1.29, 1.82) is 0 Å². The third kappa shape index (κ3) is 4.45. The van der Waals surface area contributed by atoms with Gasteiger partial charge in [-0.3, -0.25) is 0 Å². The molecule has 0 radical (unpaired) electrons. The average Bonchev–Trinajstić information content (AvgIpc) is 2.35.